The maximum Gasteiger partial charge on any atom is 0.141 e. The highest BCUT2D eigenvalue weighted by Crippen LogP contribution is 2.18. The number of nitrogens with one attached hydrogen (secondary N) is 1. The molecule has 1 unspecified atom stereocenters. The molecule has 0 aliphatic carbocycles. The number of thioether (sulfide) groups is 1. The predicted octanol–water partition coefficient (Wildman–Crippen LogP) is 2.43. The van der Waals surface area contributed by atoms with E-state index < -0.39 is 0 Å². The molecule has 1 aromatic rings. The van der Waals surface area contributed by atoms with E-state index in [4.69, 9.17) is 10.00 Å². The number of hydrogen-bond acceptors (Lipinski definition) is 4. The summed E-state index contributed by atoms with van der Waals surface area (Å²) in [5, 5.41) is 11.7. The molecular weight excluding hydrogens is 232 g/mol. The number of nitriles is 1. The molecule has 0 aromatic heterocycles. The van der Waals surface area contributed by atoms with Crippen molar-refractivity contribution in [2.24, 2.45) is 0 Å². The number of hydrogen-bond donors (Lipinski definition) is 1. The molecule has 1 N–H and O–H groups in total. The van der Waals surface area contributed by atoms with Gasteiger partial charge in [-0.1, -0.05) is 12.1 Å². The molecule has 0 saturated heterocycles. The number of ether oxygens (including phenoxy) is 1. The van der Waals surface area contributed by atoms with Crippen molar-refractivity contribution in [1.29, 1.82) is 5.26 Å². The summed E-state index contributed by atoms with van der Waals surface area (Å²) >= 11 is 1.74. The van der Waals surface area contributed by atoms with Crippen molar-refractivity contribution in [1.82, 2.24) is 5.32 Å². The lowest BCUT2D eigenvalue weighted by atomic mass is 10.2. The molecule has 0 fully saturated rings. The summed E-state index contributed by atoms with van der Waals surface area (Å²) < 4.78 is 5.28. The van der Waals surface area contributed by atoms with Gasteiger partial charge >= 0.3 is 0 Å². The molecular formula is C13H18N2OS. The third kappa shape index (κ3) is 5.73. The minimum Gasteiger partial charge on any atom is -0.363 e. The maximum atomic E-state index is 8.54. The molecule has 1 atom stereocenters. The Labute approximate surface area is 107 Å². The van der Waals surface area contributed by atoms with E-state index in [1.807, 2.05) is 13.1 Å². The molecule has 92 valence electrons. The van der Waals surface area contributed by atoms with Crippen LogP contribution in [0.15, 0.2) is 29.2 Å². The van der Waals surface area contributed by atoms with Crippen LogP contribution in [-0.4, -0.2) is 25.5 Å². The summed E-state index contributed by atoms with van der Waals surface area (Å²) in [7, 11) is 1.94. The molecule has 4 heteroatoms. The smallest absolute Gasteiger partial charge is 0.141 e. The van der Waals surface area contributed by atoms with Gasteiger partial charge in [-0.25, -0.2) is 0 Å². The van der Waals surface area contributed by atoms with Gasteiger partial charge in [0.15, 0.2) is 0 Å². The quantitative estimate of drug-likeness (QED) is 0.596. The molecule has 0 aliphatic heterocycles. The van der Waals surface area contributed by atoms with E-state index in [9.17, 15) is 0 Å². The van der Waals surface area contributed by atoms with Crippen LogP contribution >= 0.6 is 11.8 Å². The lowest BCUT2D eigenvalue weighted by Crippen LogP contribution is -2.07. The lowest BCUT2D eigenvalue weighted by molar-refractivity contribution is 0.117. The van der Waals surface area contributed by atoms with Gasteiger partial charge in [-0.3, -0.25) is 0 Å². The van der Waals surface area contributed by atoms with Crippen LogP contribution in [0.1, 0.15) is 12.5 Å². The highest BCUT2D eigenvalue weighted by Gasteiger charge is 1.99. The average molecular weight is 250 g/mol. The molecule has 0 radical (unpaired) electrons. The molecule has 0 amide bonds. The largest absolute Gasteiger partial charge is 0.363 e. The SMILES string of the molecule is CNCc1ccc(SCCOC(C)C#N)cc1. The summed E-state index contributed by atoms with van der Waals surface area (Å²) in [6.45, 7) is 3.27. The van der Waals surface area contributed by atoms with Crippen molar-refractivity contribution >= 4 is 11.8 Å². The zero-order valence-electron chi connectivity index (χ0n) is 10.3. The Morgan fingerprint density at radius 3 is 2.71 bits per heavy atom. The minimum absolute atomic E-state index is 0.311. The second-order valence-corrected chi connectivity index (χ2v) is 4.83. The highest BCUT2D eigenvalue weighted by atomic mass is 32.2. The van der Waals surface area contributed by atoms with Gasteiger partial charge in [-0.05, 0) is 31.7 Å². The second-order valence-electron chi connectivity index (χ2n) is 3.66. The molecule has 1 rings (SSSR count). The van der Waals surface area contributed by atoms with Gasteiger partial charge in [0.1, 0.15) is 6.10 Å². The van der Waals surface area contributed by atoms with Gasteiger partial charge in [0.25, 0.3) is 0 Å². The van der Waals surface area contributed by atoms with Crippen molar-refractivity contribution in [3.05, 3.63) is 29.8 Å². The van der Waals surface area contributed by atoms with E-state index in [2.05, 4.69) is 29.6 Å². The normalized spacial score (nSPS) is 12.1. The summed E-state index contributed by atoms with van der Waals surface area (Å²) in [6.07, 6.45) is -0.311. The number of benzene rings is 1. The fourth-order valence-electron chi connectivity index (χ4n) is 1.33. The molecule has 0 spiro atoms. The van der Waals surface area contributed by atoms with Crippen LogP contribution in [0.2, 0.25) is 0 Å². The second kappa shape index (κ2) is 8.13. The predicted molar refractivity (Wildman–Crippen MR) is 71.0 cm³/mol. The van der Waals surface area contributed by atoms with Gasteiger partial charge in [0, 0.05) is 17.2 Å². The van der Waals surface area contributed by atoms with E-state index >= 15 is 0 Å². The third-order valence-corrected chi connectivity index (χ3v) is 3.18. The molecule has 3 nitrogen and oxygen atoms in total. The third-order valence-electron chi connectivity index (χ3n) is 2.21. The van der Waals surface area contributed by atoms with Crippen molar-refractivity contribution < 1.29 is 4.74 Å². The summed E-state index contributed by atoms with van der Waals surface area (Å²) in [5.74, 6) is 0.872. The van der Waals surface area contributed by atoms with Crippen molar-refractivity contribution in [3.63, 3.8) is 0 Å². The molecule has 17 heavy (non-hydrogen) atoms. The van der Waals surface area contributed by atoms with Gasteiger partial charge in [-0.15, -0.1) is 11.8 Å². The van der Waals surface area contributed by atoms with Crippen molar-refractivity contribution in [3.8, 4) is 6.07 Å². The van der Waals surface area contributed by atoms with Gasteiger partial charge in [0.2, 0.25) is 0 Å². The van der Waals surface area contributed by atoms with Crippen LogP contribution in [0.5, 0.6) is 0 Å². The van der Waals surface area contributed by atoms with E-state index in [0.717, 1.165) is 12.3 Å². The summed E-state index contributed by atoms with van der Waals surface area (Å²) in [6, 6.07) is 10.5. The lowest BCUT2D eigenvalue weighted by Gasteiger charge is -2.06. The zero-order valence-corrected chi connectivity index (χ0v) is 11.1. The van der Waals surface area contributed by atoms with Crippen LogP contribution in [0.25, 0.3) is 0 Å². The topological polar surface area (TPSA) is 45.0 Å². The first-order chi connectivity index (χ1) is 8.26. The van der Waals surface area contributed by atoms with Gasteiger partial charge < -0.3 is 10.1 Å². The van der Waals surface area contributed by atoms with Crippen LogP contribution in [0.3, 0.4) is 0 Å². The standard InChI is InChI=1S/C13H18N2OS/c1-11(9-14)16-7-8-17-13-5-3-12(4-6-13)10-15-2/h3-6,11,15H,7-8,10H2,1-2H3. The number of rotatable bonds is 7. The Kier molecular flexibility index (Phi) is 6.71. The zero-order chi connectivity index (χ0) is 12.5. The Balaban J connectivity index is 2.25. The van der Waals surface area contributed by atoms with Gasteiger partial charge in [-0.2, -0.15) is 5.26 Å². The summed E-state index contributed by atoms with van der Waals surface area (Å²) in [4.78, 5) is 1.23. The molecule has 0 bridgehead atoms. The molecule has 0 aliphatic rings. The Bertz CT molecular complexity index is 359. The van der Waals surface area contributed by atoms with Crippen molar-refractivity contribution in [2.45, 2.75) is 24.5 Å². The first-order valence-electron chi connectivity index (χ1n) is 5.64. The van der Waals surface area contributed by atoms with E-state index in [1.165, 1.54) is 10.5 Å². The maximum absolute atomic E-state index is 8.54. The van der Waals surface area contributed by atoms with Gasteiger partial charge in [0.05, 0.1) is 12.7 Å². The Morgan fingerprint density at radius 1 is 1.41 bits per heavy atom. The fourth-order valence-corrected chi connectivity index (χ4v) is 2.07. The van der Waals surface area contributed by atoms with Crippen LogP contribution in [0.4, 0.5) is 0 Å². The minimum atomic E-state index is -0.311. The molecule has 0 saturated carbocycles. The van der Waals surface area contributed by atoms with Crippen LogP contribution in [-0.2, 0) is 11.3 Å². The van der Waals surface area contributed by atoms with Crippen LogP contribution in [0, 0.1) is 11.3 Å². The van der Waals surface area contributed by atoms with E-state index in [0.29, 0.717) is 6.61 Å². The van der Waals surface area contributed by atoms with Crippen molar-refractivity contribution in [2.75, 3.05) is 19.4 Å². The first-order valence-corrected chi connectivity index (χ1v) is 6.62. The first kappa shape index (κ1) is 14.0. The van der Waals surface area contributed by atoms with E-state index in [1.54, 1.807) is 18.7 Å². The van der Waals surface area contributed by atoms with Crippen LogP contribution < -0.4 is 5.32 Å². The van der Waals surface area contributed by atoms with E-state index in [-0.39, 0.29) is 6.10 Å². The monoisotopic (exact) mass is 250 g/mol. The average Bonchev–Trinajstić information content (AvgIpc) is 2.36. The summed E-state index contributed by atoms with van der Waals surface area (Å²) in [5.41, 5.74) is 1.28. The fraction of sp³-hybridized carbons (Fsp3) is 0.462. The molecule has 1 aromatic carbocycles. The molecule has 0 heterocycles. The highest BCUT2D eigenvalue weighted by molar-refractivity contribution is 7.99. The number of nitrogens with zero attached hydrogens (tertiary/aromatic N) is 1. The Morgan fingerprint density at radius 2 is 2.12 bits per heavy atom. The Hall–Kier alpha value is -1.02.